The van der Waals surface area contributed by atoms with Crippen LogP contribution in [0.5, 0.6) is 0 Å². The summed E-state index contributed by atoms with van der Waals surface area (Å²) in [5.74, 6) is 0.562. The van der Waals surface area contributed by atoms with Crippen LogP contribution in [0, 0.1) is 0 Å². The molecule has 8 heteroatoms. The van der Waals surface area contributed by atoms with Gasteiger partial charge in [-0.1, -0.05) is 42.5 Å². The Labute approximate surface area is 173 Å². The molecule has 0 aliphatic carbocycles. The van der Waals surface area contributed by atoms with Crippen molar-refractivity contribution in [3.05, 3.63) is 68.9 Å². The molecule has 4 aromatic rings. The van der Waals surface area contributed by atoms with E-state index in [9.17, 15) is 9.59 Å². The first kappa shape index (κ1) is 19.9. The van der Waals surface area contributed by atoms with Crippen molar-refractivity contribution in [3.8, 4) is 0 Å². The second-order valence-electron chi connectivity index (χ2n) is 7.31. The molecule has 0 aliphatic rings. The maximum Gasteiger partial charge on any atom is 0.332 e. The van der Waals surface area contributed by atoms with Crippen LogP contribution in [0.4, 0.5) is 5.95 Å². The lowest BCUT2D eigenvalue weighted by atomic mass is 10.0. The van der Waals surface area contributed by atoms with Gasteiger partial charge in [0.2, 0.25) is 5.95 Å². The molecule has 0 radical (unpaired) electrons. The van der Waals surface area contributed by atoms with Crippen LogP contribution in [0.3, 0.4) is 0 Å². The van der Waals surface area contributed by atoms with E-state index in [1.807, 2.05) is 22.8 Å². The number of anilines is 1. The second-order valence-corrected chi connectivity index (χ2v) is 7.31. The highest BCUT2D eigenvalue weighted by Gasteiger charge is 2.19. The summed E-state index contributed by atoms with van der Waals surface area (Å²) in [6.45, 7) is 1.72. The van der Waals surface area contributed by atoms with E-state index in [0.29, 0.717) is 36.8 Å². The number of hydrogen-bond acceptors (Lipinski definition) is 5. The molecule has 2 aromatic carbocycles. The van der Waals surface area contributed by atoms with Gasteiger partial charge in [0.1, 0.15) is 0 Å². The highest BCUT2D eigenvalue weighted by Crippen LogP contribution is 2.23. The fourth-order valence-corrected chi connectivity index (χ4v) is 3.75. The molecular weight excluding hydrogens is 382 g/mol. The number of fused-ring (bicyclic) bond motifs is 2. The molecule has 4 rings (SSSR count). The fraction of sp³-hybridized carbons (Fsp3) is 0.318. The number of ether oxygens (including phenoxy) is 1. The Morgan fingerprint density at radius 3 is 2.60 bits per heavy atom. The second kappa shape index (κ2) is 8.16. The van der Waals surface area contributed by atoms with Gasteiger partial charge in [-0.25, -0.2) is 4.79 Å². The quantitative estimate of drug-likeness (QED) is 0.474. The smallest absolute Gasteiger partial charge is 0.332 e. The summed E-state index contributed by atoms with van der Waals surface area (Å²) in [6.07, 6.45) is 0.797. The summed E-state index contributed by atoms with van der Waals surface area (Å²) < 4.78 is 9.52. The molecule has 30 heavy (non-hydrogen) atoms. The van der Waals surface area contributed by atoms with Gasteiger partial charge in [0.05, 0.1) is 6.54 Å². The third kappa shape index (κ3) is 3.39. The van der Waals surface area contributed by atoms with Gasteiger partial charge in [0.25, 0.3) is 5.56 Å². The molecule has 0 fully saturated rings. The summed E-state index contributed by atoms with van der Waals surface area (Å²) in [4.78, 5) is 30.0. The van der Waals surface area contributed by atoms with Crippen LogP contribution in [0.15, 0.2) is 52.1 Å². The predicted octanol–water partition coefficient (Wildman–Crippen LogP) is 2.08. The van der Waals surface area contributed by atoms with Crippen molar-refractivity contribution in [2.75, 3.05) is 25.6 Å². The minimum absolute atomic E-state index is 0.356. The normalized spacial score (nSPS) is 11.4. The van der Waals surface area contributed by atoms with Gasteiger partial charge < -0.3 is 10.1 Å². The Balaban J connectivity index is 1.89. The Hall–Kier alpha value is -3.39. The molecule has 2 heterocycles. The van der Waals surface area contributed by atoms with Crippen LogP contribution in [-0.4, -0.2) is 38.9 Å². The van der Waals surface area contributed by atoms with Crippen molar-refractivity contribution in [2.24, 2.45) is 14.1 Å². The largest absolute Gasteiger partial charge is 0.385 e. The molecule has 0 saturated carbocycles. The van der Waals surface area contributed by atoms with Gasteiger partial charge in [-0.15, -0.1) is 0 Å². The molecule has 0 saturated heterocycles. The lowest BCUT2D eigenvalue weighted by Crippen LogP contribution is -2.37. The number of nitrogens with one attached hydrogen (secondary N) is 1. The first-order valence-corrected chi connectivity index (χ1v) is 9.88. The summed E-state index contributed by atoms with van der Waals surface area (Å²) >= 11 is 0. The zero-order valence-electron chi connectivity index (χ0n) is 17.4. The zero-order chi connectivity index (χ0) is 21.3. The zero-order valence-corrected chi connectivity index (χ0v) is 17.4. The van der Waals surface area contributed by atoms with Crippen LogP contribution < -0.4 is 16.6 Å². The number of aryl methyl sites for hydroxylation is 1. The molecular formula is C22H25N5O3. The Kier molecular flexibility index (Phi) is 5.41. The van der Waals surface area contributed by atoms with Gasteiger partial charge in [0, 0.05) is 34.4 Å². The molecule has 8 nitrogen and oxygen atoms in total. The Morgan fingerprint density at radius 1 is 1.03 bits per heavy atom. The van der Waals surface area contributed by atoms with E-state index in [2.05, 4.69) is 34.6 Å². The molecule has 0 unspecified atom stereocenters. The van der Waals surface area contributed by atoms with E-state index >= 15 is 0 Å². The van der Waals surface area contributed by atoms with Crippen molar-refractivity contribution >= 4 is 27.9 Å². The number of nitrogens with zero attached hydrogens (tertiary/aromatic N) is 4. The number of imidazole rings is 1. The van der Waals surface area contributed by atoms with Crippen molar-refractivity contribution < 1.29 is 4.74 Å². The summed E-state index contributed by atoms with van der Waals surface area (Å²) in [5.41, 5.74) is 1.10. The SMILES string of the molecule is COCCCNc1nc2c(c(=O)n(C)c(=O)n2C)n1Cc1cccc2ccccc12. The van der Waals surface area contributed by atoms with Gasteiger partial charge in [-0.2, -0.15) is 4.98 Å². The first-order chi connectivity index (χ1) is 14.5. The maximum atomic E-state index is 13.0. The van der Waals surface area contributed by atoms with Crippen LogP contribution in [0.2, 0.25) is 0 Å². The number of benzene rings is 2. The highest BCUT2D eigenvalue weighted by molar-refractivity contribution is 5.86. The van der Waals surface area contributed by atoms with E-state index in [1.54, 1.807) is 14.2 Å². The number of aromatic nitrogens is 4. The third-order valence-electron chi connectivity index (χ3n) is 5.36. The monoisotopic (exact) mass is 407 g/mol. The summed E-state index contributed by atoms with van der Waals surface area (Å²) in [5, 5.41) is 5.56. The van der Waals surface area contributed by atoms with Crippen LogP contribution in [0.1, 0.15) is 12.0 Å². The Bertz CT molecular complexity index is 1330. The minimum atomic E-state index is -0.395. The molecule has 0 atom stereocenters. The third-order valence-corrected chi connectivity index (χ3v) is 5.36. The fourth-order valence-electron chi connectivity index (χ4n) is 3.75. The first-order valence-electron chi connectivity index (χ1n) is 9.88. The van der Waals surface area contributed by atoms with Crippen LogP contribution in [-0.2, 0) is 25.4 Å². The van der Waals surface area contributed by atoms with Gasteiger partial charge in [-0.05, 0) is 22.8 Å². The standard InChI is InChI=1S/C22H25N5O3/c1-25-19-18(20(28)26(2)22(25)29)27(21(24-19)23-12-7-13-30-3)14-16-10-6-9-15-8-4-5-11-17(15)16/h4-6,8-11H,7,12-14H2,1-3H3,(H,23,24). The number of hydrogen-bond donors (Lipinski definition) is 1. The van der Waals surface area contributed by atoms with Crippen molar-refractivity contribution in [2.45, 2.75) is 13.0 Å². The van der Waals surface area contributed by atoms with E-state index < -0.39 is 5.69 Å². The number of methoxy groups -OCH3 is 1. The lowest BCUT2D eigenvalue weighted by Gasteiger charge is -2.13. The molecule has 0 aliphatic heterocycles. The predicted molar refractivity (Wildman–Crippen MR) is 118 cm³/mol. The Morgan fingerprint density at radius 2 is 1.80 bits per heavy atom. The average molecular weight is 407 g/mol. The summed E-state index contributed by atoms with van der Waals surface area (Å²) in [6, 6.07) is 14.3. The van der Waals surface area contributed by atoms with E-state index in [1.165, 1.54) is 11.6 Å². The molecule has 0 bridgehead atoms. The van der Waals surface area contributed by atoms with E-state index in [0.717, 1.165) is 27.3 Å². The number of rotatable bonds is 7. The summed E-state index contributed by atoms with van der Waals surface area (Å²) in [7, 11) is 4.79. The molecule has 1 N–H and O–H groups in total. The molecule has 156 valence electrons. The van der Waals surface area contributed by atoms with Gasteiger partial charge >= 0.3 is 5.69 Å². The molecule has 2 aromatic heterocycles. The van der Waals surface area contributed by atoms with E-state index in [4.69, 9.17) is 4.74 Å². The van der Waals surface area contributed by atoms with Gasteiger partial charge in [-0.3, -0.25) is 18.5 Å². The van der Waals surface area contributed by atoms with E-state index in [-0.39, 0.29) is 5.56 Å². The van der Waals surface area contributed by atoms with Crippen LogP contribution in [0.25, 0.3) is 21.9 Å². The molecule has 0 amide bonds. The van der Waals surface area contributed by atoms with Crippen molar-refractivity contribution in [1.82, 2.24) is 18.7 Å². The topological polar surface area (TPSA) is 83.1 Å². The van der Waals surface area contributed by atoms with Crippen molar-refractivity contribution in [1.29, 1.82) is 0 Å². The maximum absolute atomic E-state index is 13.0. The molecule has 0 spiro atoms. The van der Waals surface area contributed by atoms with Gasteiger partial charge in [0.15, 0.2) is 11.2 Å². The minimum Gasteiger partial charge on any atom is -0.385 e. The average Bonchev–Trinajstić information content (AvgIpc) is 3.12. The lowest BCUT2D eigenvalue weighted by molar-refractivity contribution is 0.197. The highest BCUT2D eigenvalue weighted by atomic mass is 16.5. The van der Waals surface area contributed by atoms with Crippen molar-refractivity contribution in [3.63, 3.8) is 0 Å². The van der Waals surface area contributed by atoms with Crippen LogP contribution >= 0.6 is 0 Å².